The van der Waals surface area contributed by atoms with Crippen molar-refractivity contribution in [2.45, 2.75) is 13.2 Å². The maximum absolute atomic E-state index is 14.0. The van der Waals surface area contributed by atoms with Gasteiger partial charge >= 0.3 is 0 Å². The van der Waals surface area contributed by atoms with E-state index in [2.05, 4.69) is 5.10 Å². The zero-order chi connectivity index (χ0) is 18.0. The number of hydrogen-bond donors (Lipinski definition) is 0. The summed E-state index contributed by atoms with van der Waals surface area (Å²) in [6, 6.07) is 14.6. The number of benzene rings is 2. The van der Waals surface area contributed by atoms with Gasteiger partial charge in [0.05, 0.1) is 6.67 Å². The van der Waals surface area contributed by atoms with Gasteiger partial charge in [-0.25, -0.2) is 9.07 Å². The molecule has 130 valence electrons. The van der Waals surface area contributed by atoms with Gasteiger partial charge in [0.1, 0.15) is 5.82 Å². The number of rotatable bonds is 5. The van der Waals surface area contributed by atoms with Gasteiger partial charge in [0, 0.05) is 29.7 Å². The number of hydrogen-bond acceptors (Lipinski definition) is 3. The van der Waals surface area contributed by atoms with Crippen LogP contribution in [0, 0.1) is 10.6 Å². The molecule has 0 saturated carbocycles. The summed E-state index contributed by atoms with van der Waals surface area (Å²) in [6.45, 7) is 0.800. The number of nitrogens with zero attached hydrogens (tertiary/aromatic N) is 4. The second-order valence-electron chi connectivity index (χ2n) is 5.89. The summed E-state index contributed by atoms with van der Waals surface area (Å²) in [5.74, 6) is 0.483. The number of aromatic nitrogens is 3. The largest absolute Gasteiger partial charge is 0.303 e. The first-order chi connectivity index (χ1) is 12.0. The third-order valence-electron chi connectivity index (χ3n) is 3.94. The summed E-state index contributed by atoms with van der Waals surface area (Å²) in [5, 5.41) is 5.03. The molecule has 3 rings (SSSR count). The highest BCUT2D eigenvalue weighted by Crippen LogP contribution is 2.21. The van der Waals surface area contributed by atoms with Crippen molar-refractivity contribution in [2.24, 2.45) is 7.05 Å². The molecular formula is C18H18ClFN4S. The van der Waals surface area contributed by atoms with E-state index in [9.17, 15) is 4.39 Å². The van der Waals surface area contributed by atoms with Crippen LogP contribution in [0.3, 0.4) is 0 Å². The molecule has 0 aliphatic heterocycles. The zero-order valence-corrected chi connectivity index (χ0v) is 15.6. The topological polar surface area (TPSA) is 26.0 Å². The minimum Gasteiger partial charge on any atom is -0.303 e. The molecule has 7 heteroatoms. The van der Waals surface area contributed by atoms with Crippen LogP contribution >= 0.6 is 23.8 Å². The Labute approximate surface area is 156 Å². The molecule has 0 amide bonds. The molecule has 25 heavy (non-hydrogen) atoms. The molecule has 0 atom stereocenters. The Morgan fingerprint density at radius 2 is 1.88 bits per heavy atom. The molecule has 0 N–H and O–H groups in total. The second-order valence-corrected chi connectivity index (χ2v) is 6.66. The fourth-order valence-corrected chi connectivity index (χ4v) is 3.06. The van der Waals surface area contributed by atoms with Crippen molar-refractivity contribution >= 4 is 23.8 Å². The molecule has 0 aliphatic rings. The SMILES string of the molecule is CN(Cc1c(F)cccc1Cl)Cn1nc(-c2ccccc2)n(C)c1=S. The summed E-state index contributed by atoms with van der Waals surface area (Å²) >= 11 is 11.6. The van der Waals surface area contributed by atoms with E-state index < -0.39 is 0 Å². The molecule has 0 saturated heterocycles. The van der Waals surface area contributed by atoms with Crippen molar-refractivity contribution in [1.29, 1.82) is 0 Å². The van der Waals surface area contributed by atoms with Gasteiger partial charge in [-0.15, -0.1) is 0 Å². The highest BCUT2D eigenvalue weighted by Gasteiger charge is 2.13. The van der Waals surface area contributed by atoms with Crippen molar-refractivity contribution in [1.82, 2.24) is 19.2 Å². The zero-order valence-electron chi connectivity index (χ0n) is 14.0. The molecule has 0 radical (unpaired) electrons. The predicted octanol–water partition coefficient (Wildman–Crippen LogP) is 4.50. The maximum Gasteiger partial charge on any atom is 0.199 e. The van der Waals surface area contributed by atoms with E-state index in [1.54, 1.807) is 16.8 Å². The lowest BCUT2D eigenvalue weighted by Crippen LogP contribution is -2.23. The summed E-state index contributed by atoms with van der Waals surface area (Å²) < 4.78 is 18.2. The standard InChI is InChI=1S/C18H18ClFN4S/c1-22(11-14-15(19)9-6-10-16(14)20)12-24-18(25)23(2)17(21-24)13-7-4-3-5-8-13/h3-10H,11-12H2,1-2H3. The van der Waals surface area contributed by atoms with E-state index in [-0.39, 0.29) is 5.82 Å². The molecule has 1 heterocycles. The van der Waals surface area contributed by atoms with Gasteiger partial charge in [-0.1, -0.05) is 48.0 Å². The maximum atomic E-state index is 14.0. The fourth-order valence-electron chi connectivity index (χ4n) is 2.65. The molecule has 4 nitrogen and oxygen atoms in total. The van der Waals surface area contributed by atoms with Gasteiger partial charge in [0.2, 0.25) is 0 Å². The Hall–Kier alpha value is -2.02. The second kappa shape index (κ2) is 7.47. The van der Waals surface area contributed by atoms with Crippen LogP contribution in [0.25, 0.3) is 11.4 Å². The average molecular weight is 377 g/mol. The Kier molecular flexibility index (Phi) is 5.32. The van der Waals surface area contributed by atoms with Gasteiger partial charge in [-0.2, -0.15) is 5.10 Å². The summed E-state index contributed by atoms with van der Waals surface area (Å²) in [7, 11) is 3.77. The third-order valence-corrected chi connectivity index (χ3v) is 4.78. The van der Waals surface area contributed by atoms with Crippen molar-refractivity contribution in [3.8, 4) is 11.4 Å². The summed E-state index contributed by atoms with van der Waals surface area (Å²) in [5.41, 5.74) is 1.46. The van der Waals surface area contributed by atoms with Crippen LogP contribution in [-0.2, 0) is 20.3 Å². The van der Waals surface area contributed by atoms with Crippen LogP contribution in [0.2, 0.25) is 5.02 Å². The van der Waals surface area contributed by atoms with Gasteiger partial charge in [-0.05, 0) is 31.4 Å². The van der Waals surface area contributed by atoms with Gasteiger partial charge in [0.25, 0.3) is 0 Å². The van der Waals surface area contributed by atoms with Crippen molar-refractivity contribution in [3.05, 3.63) is 69.7 Å². The molecular weight excluding hydrogens is 359 g/mol. The van der Waals surface area contributed by atoms with E-state index in [4.69, 9.17) is 23.8 Å². The molecule has 0 bridgehead atoms. The molecule has 0 aliphatic carbocycles. The van der Waals surface area contributed by atoms with Crippen LogP contribution in [-0.4, -0.2) is 26.3 Å². The Morgan fingerprint density at radius 3 is 2.56 bits per heavy atom. The summed E-state index contributed by atoms with van der Waals surface area (Å²) in [4.78, 5) is 1.92. The molecule has 3 aromatic rings. The minimum atomic E-state index is -0.311. The molecule has 0 fully saturated rings. The first kappa shape index (κ1) is 17.8. The lowest BCUT2D eigenvalue weighted by Gasteiger charge is -2.17. The monoisotopic (exact) mass is 376 g/mol. The Morgan fingerprint density at radius 1 is 1.16 bits per heavy atom. The normalized spacial score (nSPS) is 11.2. The third kappa shape index (κ3) is 3.81. The lowest BCUT2D eigenvalue weighted by molar-refractivity contribution is 0.241. The lowest BCUT2D eigenvalue weighted by atomic mass is 10.2. The average Bonchev–Trinajstić information content (AvgIpc) is 2.87. The Bertz CT molecular complexity index is 916. The van der Waals surface area contributed by atoms with E-state index in [1.807, 2.05) is 53.9 Å². The fraction of sp³-hybridized carbons (Fsp3) is 0.222. The quantitative estimate of drug-likeness (QED) is 0.613. The molecule has 0 spiro atoms. The van der Waals surface area contributed by atoms with Gasteiger partial charge in [0.15, 0.2) is 10.6 Å². The van der Waals surface area contributed by atoms with Crippen LogP contribution in [0.4, 0.5) is 4.39 Å². The smallest absolute Gasteiger partial charge is 0.199 e. The first-order valence-corrected chi connectivity index (χ1v) is 8.56. The van der Waals surface area contributed by atoms with Crippen molar-refractivity contribution < 1.29 is 4.39 Å². The molecule has 2 aromatic carbocycles. The van der Waals surface area contributed by atoms with Gasteiger partial charge in [-0.3, -0.25) is 4.90 Å². The van der Waals surface area contributed by atoms with E-state index >= 15 is 0 Å². The summed E-state index contributed by atoms with van der Waals surface area (Å²) in [6.07, 6.45) is 0. The van der Waals surface area contributed by atoms with E-state index in [0.29, 0.717) is 28.6 Å². The predicted molar refractivity (Wildman–Crippen MR) is 100 cm³/mol. The van der Waals surface area contributed by atoms with Crippen LogP contribution < -0.4 is 0 Å². The molecule has 0 unspecified atom stereocenters. The highest BCUT2D eigenvalue weighted by atomic mass is 35.5. The highest BCUT2D eigenvalue weighted by molar-refractivity contribution is 7.71. The van der Waals surface area contributed by atoms with E-state index in [0.717, 1.165) is 11.4 Å². The van der Waals surface area contributed by atoms with Crippen LogP contribution in [0.1, 0.15) is 5.56 Å². The van der Waals surface area contributed by atoms with Gasteiger partial charge < -0.3 is 4.57 Å². The van der Waals surface area contributed by atoms with Crippen molar-refractivity contribution in [2.75, 3.05) is 7.05 Å². The van der Waals surface area contributed by atoms with E-state index in [1.165, 1.54) is 6.07 Å². The Balaban J connectivity index is 1.83. The van der Waals surface area contributed by atoms with Crippen molar-refractivity contribution in [3.63, 3.8) is 0 Å². The van der Waals surface area contributed by atoms with Crippen LogP contribution in [0.5, 0.6) is 0 Å². The number of halogens is 2. The molecule has 1 aromatic heterocycles. The first-order valence-electron chi connectivity index (χ1n) is 7.78. The van der Waals surface area contributed by atoms with Crippen LogP contribution in [0.15, 0.2) is 48.5 Å². The minimum absolute atomic E-state index is 0.311.